The van der Waals surface area contributed by atoms with Gasteiger partial charge in [0.05, 0.1) is 12.2 Å². The number of likely N-dealkylation sites (tertiary alicyclic amines) is 1. The summed E-state index contributed by atoms with van der Waals surface area (Å²) in [4.78, 5) is 9.58. The molecule has 146 valence electrons. The Morgan fingerprint density at radius 2 is 1.70 bits per heavy atom. The highest BCUT2D eigenvalue weighted by Gasteiger charge is 2.39. The van der Waals surface area contributed by atoms with E-state index in [2.05, 4.69) is 57.2 Å². The Morgan fingerprint density at radius 1 is 0.926 bits per heavy atom. The summed E-state index contributed by atoms with van der Waals surface area (Å²) >= 11 is 0. The van der Waals surface area contributed by atoms with Gasteiger partial charge in [0, 0.05) is 57.6 Å². The lowest BCUT2D eigenvalue weighted by Gasteiger charge is -2.47. The molecule has 0 N–H and O–H groups in total. The Balaban J connectivity index is 0.00000210. The number of rotatable bonds is 5. The molecule has 1 spiro atoms. The van der Waals surface area contributed by atoms with Crippen LogP contribution in [0.4, 0.5) is 0 Å². The molecule has 27 heavy (non-hydrogen) atoms. The summed E-state index contributed by atoms with van der Waals surface area (Å²) in [5.74, 6) is 0. The molecule has 2 saturated heterocycles. The first-order chi connectivity index (χ1) is 12.8. The van der Waals surface area contributed by atoms with Gasteiger partial charge in [-0.3, -0.25) is 9.88 Å². The minimum atomic E-state index is 0. The minimum absolute atomic E-state index is 0. The molecule has 2 fully saturated rings. The zero-order valence-corrected chi connectivity index (χ0v) is 16.7. The molecular formula is C22H30ClN3O. The molecule has 0 radical (unpaired) electrons. The van der Waals surface area contributed by atoms with Crippen molar-refractivity contribution in [2.45, 2.75) is 31.4 Å². The van der Waals surface area contributed by atoms with E-state index in [1.165, 1.54) is 11.3 Å². The number of benzene rings is 1. The lowest BCUT2D eigenvalue weighted by atomic mass is 9.89. The smallest absolute Gasteiger partial charge is 0.0833 e. The van der Waals surface area contributed by atoms with Gasteiger partial charge in [0.2, 0.25) is 0 Å². The van der Waals surface area contributed by atoms with E-state index >= 15 is 0 Å². The van der Waals surface area contributed by atoms with Crippen molar-refractivity contribution in [2.75, 3.05) is 39.3 Å². The Labute approximate surface area is 168 Å². The van der Waals surface area contributed by atoms with E-state index in [4.69, 9.17) is 4.74 Å². The molecule has 0 bridgehead atoms. The number of piperidine rings is 1. The van der Waals surface area contributed by atoms with Gasteiger partial charge in [-0.15, -0.1) is 12.4 Å². The van der Waals surface area contributed by atoms with Gasteiger partial charge in [0.25, 0.3) is 0 Å². The predicted molar refractivity (Wildman–Crippen MR) is 111 cm³/mol. The minimum Gasteiger partial charge on any atom is -0.372 e. The highest BCUT2D eigenvalue weighted by Crippen LogP contribution is 2.30. The molecule has 2 aliphatic heterocycles. The average molecular weight is 388 g/mol. The molecule has 0 atom stereocenters. The van der Waals surface area contributed by atoms with Gasteiger partial charge in [-0.2, -0.15) is 0 Å². The van der Waals surface area contributed by atoms with E-state index in [0.29, 0.717) is 0 Å². The molecule has 4 nitrogen and oxygen atoms in total. The number of hydrogen-bond acceptors (Lipinski definition) is 4. The molecule has 0 saturated carbocycles. The fraction of sp³-hybridized carbons (Fsp3) is 0.500. The third-order valence-corrected chi connectivity index (χ3v) is 5.75. The maximum Gasteiger partial charge on any atom is 0.0833 e. The Kier molecular flexibility index (Phi) is 7.25. The largest absolute Gasteiger partial charge is 0.372 e. The number of hydrogen-bond donors (Lipinski definition) is 0. The Hall–Kier alpha value is -1.46. The summed E-state index contributed by atoms with van der Waals surface area (Å²) in [6.07, 6.45) is 5.20. The molecule has 1 aromatic carbocycles. The second-order valence-electron chi connectivity index (χ2n) is 7.64. The highest BCUT2D eigenvalue weighted by molar-refractivity contribution is 5.85. The molecule has 1 aromatic heterocycles. The fourth-order valence-corrected chi connectivity index (χ4v) is 4.21. The van der Waals surface area contributed by atoms with Crippen molar-refractivity contribution in [3.63, 3.8) is 0 Å². The number of aromatic nitrogens is 1. The van der Waals surface area contributed by atoms with Crippen LogP contribution in [-0.2, 0) is 17.7 Å². The first-order valence-electron chi connectivity index (χ1n) is 9.84. The second-order valence-corrected chi connectivity index (χ2v) is 7.64. The van der Waals surface area contributed by atoms with Crippen molar-refractivity contribution in [3.8, 4) is 0 Å². The first-order valence-corrected chi connectivity index (χ1v) is 9.84. The van der Waals surface area contributed by atoms with Crippen LogP contribution in [0.25, 0.3) is 0 Å². The quantitative estimate of drug-likeness (QED) is 0.786. The summed E-state index contributed by atoms with van der Waals surface area (Å²) in [5, 5.41) is 0. The summed E-state index contributed by atoms with van der Waals surface area (Å²) in [6, 6.07) is 17.0. The van der Waals surface area contributed by atoms with Crippen LogP contribution >= 0.6 is 12.4 Å². The summed E-state index contributed by atoms with van der Waals surface area (Å²) in [7, 11) is 0. The number of morpholine rings is 1. The van der Waals surface area contributed by atoms with E-state index in [0.717, 1.165) is 65.1 Å². The van der Waals surface area contributed by atoms with Crippen LogP contribution in [0.2, 0.25) is 0 Å². The van der Waals surface area contributed by atoms with Crippen LogP contribution in [0.3, 0.4) is 0 Å². The van der Waals surface area contributed by atoms with Gasteiger partial charge in [-0.25, -0.2) is 0 Å². The molecular weight excluding hydrogens is 358 g/mol. The lowest BCUT2D eigenvalue weighted by molar-refractivity contribution is -0.137. The maximum absolute atomic E-state index is 6.30. The van der Waals surface area contributed by atoms with Crippen LogP contribution in [0.15, 0.2) is 54.7 Å². The van der Waals surface area contributed by atoms with Crippen LogP contribution in [0.5, 0.6) is 0 Å². The first kappa shape index (κ1) is 20.3. The van der Waals surface area contributed by atoms with Crippen LogP contribution < -0.4 is 0 Å². The summed E-state index contributed by atoms with van der Waals surface area (Å²) in [5.41, 5.74) is 2.65. The van der Waals surface area contributed by atoms with Crippen molar-refractivity contribution < 1.29 is 4.74 Å². The van der Waals surface area contributed by atoms with Crippen LogP contribution in [0.1, 0.15) is 24.1 Å². The van der Waals surface area contributed by atoms with Gasteiger partial charge in [-0.1, -0.05) is 36.4 Å². The van der Waals surface area contributed by atoms with Gasteiger partial charge in [0.15, 0.2) is 0 Å². The molecule has 4 rings (SSSR count). The topological polar surface area (TPSA) is 28.6 Å². The summed E-state index contributed by atoms with van der Waals surface area (Å²) in [6.45, 7) is 7.37. The maximum atomic E-state index is 6.30. The van der Waals surface area contributed by atoms with Crippen molar-refractivity contribution in [1.82, 2.24) is 14.8 Å². The molecule has 0 amide bonds. The molecule has 5 heteroatoms. The van der Waals surface area contributed by atoms with E-state index in [1.54, 1.807) is 0 Å². The molecule has 0 aliphatic carbocycles. The van der Waals surface area contributed by atoms with E-state index in [-0.39, 0.29) is 18.0 Å². The molecule has 2 aromatic rings. The molecule has 2 aliphatic rings. The van der Waals surface area contributed by atoms with Crippen molar-refractivity contribution in [1.29, 1.82) is 0 Å². The summed E-state index contributed by atoms with van der Waals surface area (Å²) < 4.78 is 6.30. The number of pyridine rings is 1. The highest BCUT2D eigenvalue weighted by atomic mass is 35.5. The Bertz CT molecular complexity index is 674. The SMILES string of the molecule is Cl.c1ccc(CN2CCOC3(CCN(CCc4ccccn4)CC3)C2)cc1. The third-order valence-electron chi connectivity index (χ3n) is 5.75. The van der Waals surface area contributed by atoms with Gasteiger partial charge in [-0.05, 0) is 30.5 Å². The fourth-order valence-electron chi connectivity index (χ4n) is 4.21. The third kappa shape index (κ3) is 5.52. The van der Waals surface area contributed by atoms with E-state index in [1.807, 2.05) is 12.3 Å². The average Bonchev–Trinajstić information content (AvgIpc) is 2.69. The van der Waals surface area contributed by atoms with Crippen molar-refractivity contribution >= 4 is 12.4 Å². The van der Waals surface area contributed by atoms with Gasteiger partial charge < -0.3 is 9.64 Å². The van der Waals surface area contributed by atoms with Crippen molar-refractivity contribution in [3.05, 3.63) is 66.0 Å². The van der Waals surface area contributed by atoms with E-state index < -0.39 is 0 Å². The number of ether oxygens (including phenoxy) is 1. The molecule has 0 unspecified atom stereocenters. The second kappa shape index (κ2) is 9.65. The zero-order valence-electron chi connectivity index (χ0n) is 15.9. The number of nitrogens with zero attached hydrogens (tertiary/aromatic N) is 3. The predicted octanol–water partition coefficient (Wildman–Crippen LogP) is 3.41. The van der Waals surface area contributed by atoms with Gasteiger partial charge in [0.1, 0.15) is 0 Å². The Morgan fingerprint density at radius 3 is 2.44 bits per heavy atom. The van der Waals surface area contributed by atoms with Gasteiger partial charge >= 0.3 is 0 Å². The lowest BCUT2D eigenvalue weighted by Crippen LogP contribution is -2.56. The standard InChI is InChI=1S/C22H29N3O.ClH/c1-2-6-20(7-3-1)18-25-16-17-26-22(19-25)10-14-24(15-11-22)13-9-21-8-4-5-12-23-21;/h1-8,12H,9-11,13-19H2;1H. The van der Waals surface area contributed by atoms with E-state index in [9.17, 15) is 0 Å². The normalized spacial score (nSPS) is 20.3. The molecule has 3 heterocycles. The van der Waals surface area contributed by atoms with Crippen molar-refractivity contribution in [2.24, 2.45) is 0 Å². The monoisotopic (exact) mass is 387 g/mol. The van der Waals surface area contributed by atoms with Crippen LogP contribution in [0, 0.1) is 0 Å². The zero-order chi connectivity index (χ0) is 17.7. The number of halogens is 1. The van der Waals surface area contributed by atoms with Crippen LogP contribution in [-0.4, -0.2) is 59.7 Å².